The molecule has 3 heteroatoms. The highest BCUT2D eigenvalue weighted by Crippen LogP contribution is 2.21. The summed E-state index contributed by atoms with van der Waals surface area (Å²) in [6.45, 7) is 0. The van der Waals surface area contributed by atoms with Crippen LogP contribution < -0.4 is 0 Å². The van der Waals surface area contributed by atoms with Gasteiger partial charge in [0.05, 0.1) is 4.88 Å². The standard InChI is InChI=1S/C5H3F2S/c6-5(7)4-2-1-3-8-4/h1-3H. The number of rotatable bonds is 1. The smallest absolute Gasteiger partial charge is 0.193 e. The summed E-state index contributed by atoms with van der Waals surface area (Å²) >= 11 is 1.04. The van der Waals surface area contributed by atoms with Crippen molar-refractivity contribution in [1.82, 2.24) is 0 Å². The fourth-order valence-corrected chi connectivity index (χ4v) is 0.936. The molecule has 0 amide bonds. The highest BCUT2D eigenvalue weighted by atomic mass is 32.1. The van der Waals surface area contributed by atoms with E-state index < -0.39 is 6.43 Å². The number of thiophene rings is 1. The molecule has 1 rings (SSSR count). The number of halogens is 2. The van der Waals surface area contributed by atoms with Gasteiger partial charge in [0.15, 0.2) is 0 Å². The van der Waals surface area contributed by atoms with E-state index >= 15 is 0 Å². The van der Waals surface area contributed by atoms with Gasteiger partial charge in [-0.1, -0.05) is 6.07 Å². The summed E-state index contributed by atoms with van der Waals surface area (Å²) < 4.78 is 23.1. The lowest BCUT2D eigenvalue weighted by molar-refractivity contribution is 0.329. The first-order valence-electron chi connectivity index (χ1n) is 2.02. The predicted molar refractivity (Wildman–Crippen MR) is 28.9 cm³/mol. The minimum Gasteiger partial charge on any atom is -0.193 e. The summed E-state index contributed by atoms with van der Waals surface area (Å²) in [6.07, 6.45) is -1.60. The van der Waals surface area contributed by atoms with E-state index in [4.69, 9.17) is 0 Å². The van der Waals surface area contributed by atoms with Gasteiger partial charge in [-0.25, -0.2) is 0 Å². The van der Waals surface area contributed by atoms with Gasteiger partial charge in [-0.3, -0.25) is 0 Å². The van der Waals surface area contributed by atoms with E-state index in [0.717, 1.165) is 11.3 Å². The van der Waals surface area contributed by atoms with Gasteiger partial charge in [-0.2, -0.15) is 8.78 Å². The lowest BCUT2D eigenvalue weighted by Gasteiger charge is -1.84. The molecule has 0 aliphatic rings. The van der Waals surface area contributed by atoms with Gasteiger partial charge in [0.25, 0.3) is 0 Å². The number of hydrogen-bond donors (Lipinski definition) is 0. The van der Waals surface area contributed by atoms with E-state index in [9.17, 15) is 8.78 Å². The first-order valence-corrected chi connectivity index (χ1v) is 2.90. The van der Waals surface area contributed by atoms with Gasteiger partial charge in [0.1, 0.15) is 0 Å². The largest absolute Gasteiger partial charge is 0.349 e. The second-order valence-electron chi connectivity index (χ2n) is 1.24. The van der Waals surface area contributed by atoms with E-state index in [2.05, 4.69) is 0 Å². The Morgan fingerprint density at radius 3 is 2.50 bits per heavy atom. The molecule has 1 radical (unpaired) electrons. The van der Waals surface area contributed by atoms with E-state index in [0.29, 0.717) is 0 Å². The Kier molecular flexibility index (Phi) is 1.58. The van der Waals surface area contributed by atoms with E-state index in [-0.39, 0.29) is 4.88 Å². The van der Waals surface area contributed by atoms with Gasteiger partial charge in [-0.15, -0.1) is 11.3 Å². The van der Waals surface area contributed by atoms with Crippen LogP contribution in [-0.4, -0.2) is 0 Å². The second kappa shape index (κ2) is 2.22. The van der Waals surface area contributed by atoms with Crippen LogP contribution in [0.3, 0.4) is 0 Å². The molecule has 0 bridgehead atoms. The van der Waals surface area contributed by atoms with Crippen molar-refractivity contribution >= 4 is 11.3 Å². The molecule has 0 spiro atoms. The topological polar surface area (TPSA) is 0 Å². The summed E-state index contributed by atoms with van der Waals surface area (Å²) in [5.41, 5.74) is 0. The minimum atomic E-state index is -1.60. The number of hydrogen-bond acceptors (Lipinski definition) is 1. The Hall–Kier alpha value is -0.440. The van der Waals surface area contributed by atoms with Crippen LogP contribution in [0.2, 0.25) is 0 Å². The average Bonchev–Trinajstić information content (AvgIpc) is 2.12. The second-order valence-corrected chi connectivity index (χ2v) is 2.19. The van der Waals surface area contributed by atoms with Crippen molar-refractivity contribution in [2.45, 2.75) is 0 Å². The highest BCUT2D eigenvalue weighted by Gasteiger charge is 2.08. The van der Waals surface area contributed by atoms with Crippen LogP contribution >= 0.6 is 11.3 Å². The van der Waals surface area contributed by atoms with Crippen LogP contribution in [0.1, 0.15) is 4.88 Å². The van der Waals surface area contributed by atoms with Gasteiger partial charge < -0.3 is 0 Å². The average molecular weight is 133 g/mol. The fraction of sp³-hybridized carbons (Fsp3) is 0. The fourth-order valence-electron chi connectivity index (χ4n) is 0.386. The van der Waals surface area contributed by atoms with Gasteiger partial charge >= 0.3 is 6.43 Å². The Labute approximate surface area is 49.8 Å². The summed E-state index contributed by atoms with van der Waals surface area (Å²) in [5.74, 6) is 0. The van der Waals surface area contributed by atoms with E-state index in [1.54, 1.807) is 11.4 Å². The molecule has 0 N–H and O–H groups in total. The van der Waals surface area contributed by atoms with Crippen LogP contribution in [-0.2, 0) is 0 Å². The Bertz CT molecular complexity index is 145. The third-order valence-corrected chi connectivity index (χ3v) is 1.54. The normalized spacial score (nSPS) is 10.4. The van der Waals surface area contributed by atoms with Crippen molar-refractivity contribution in [2.75, 3.05) is 0 Å². The predicted octanol–water partition coefficient (Wildman–Crippen LogP) is 2.52. The van der Waals surface area contributed by atoms with Crippen molar-refractivity contribution in [3.8, 4) is 0 Å². The zero-order valence-corrected chi connectivity index (χ0v) is 4.71. The van der Waals surface area contributed by atoms with Crippen LogP contribution in [0.5, 0.6) is 0 Å². The van der Waals surface area contributed by atoms with Crippen molar-refractivity contribution in [3.05, 3.63) is 28.8 Å². The molecule has 8 heavy (non-hydrogen) atoms. The molecule has 0 saturated carbocycles. The molecule has 0 unspecified atom stereocenters. The molecular weight excluding hydrogens is 130 g/mol. The maximum atomic E-state index is 11.5. The molecule has 1 aromatic rings. The summed E-state index contributed by atoms with van der Waals surface area (Å²) in [4.78, 5) is 0.0602. The van der Waals surface area contributed by atoms with Gasteiger partial charge in [0, 0.05) is 0 Å². The SMILES string of the molecule is F[C](F)c1cccs1. The highest BCUT2D eigenvalue weighted by molar-refractivity contribution is 7.10. The van der Waals surface area contributed by atoms with Gasteiger partial charge in [0.2, 0.25) is 0 Å². The molecule has 0 fully saturated rings. The quantitative estimate of drug-likeness (QED) is 0.552. The third kappa shape index (κ3) is 1.04. The lowest BCUT2D eigenvalue weighted by Crippen LogP contribution is -1.73. The van der Waals surface area contributed by atoms with Crippen LogP contribution in [0.4, 0.5) is 8.78 Å². The Balaban J connectivity index is 2.77. The minimum absolute atomic E-state index is 0.0602. The molecule has 1 heterocycles. The molecule has 0 saturated heterocycles. The molecule has 0 aliphatic carbocycles. The summed E-state index contributed by atoms with van der Waals surface area (Å²) in [5, 5.41) is 1.62. The Morgan fingerprint density at radius 1 is 1.50 bits per heavy atom. The zero-order chi connectivity index (χ0) is 5.98. The van der Waals surface area contributed by atoms with E-state index in [1.165, 1.54) is 6.07 Å². The van der Waals surface area contributed by atoms with Crippen molar-refractivity contribution in [1.29, 1.82) is 0 Å². The molecule has 43 valence electrons. The molecular formula is C5H3F2S. The van der Waals surface area contributed by atoms with Crippen LogP contribution in [0, 0.1) is 6.43 Å². The molecule has 0 atom stereocenters. The summed E-state index contributed by atoms with van der Waals surface area (Å²) in [6, 6.07) is 2.99. The first-order chi connectivity index (χ1) is 3.80. The summed E-state index contributed by atoms with van der Waals surface area (Å²) in [7, 11) is 0. The monoisotopic (exact) mass is 133 g/mol. The third-order valence-electron chi connectivity index (χ3n) is 0.707. The lowest BCUT2D eigenvalue weighted by atomic mass is 10.5. The Morgan fingerprint density at radius 2 is 2.25 bits per heavy atom. The van der Waals surface area contributed by atoms with E-state index in [1.807, 2.05) is 0 Å². The van der Waals surface area contributed by atoms with Crippen molar-refractivity contribution in [3.63, 3.8) is 0 Å². The maximum absolute atomic E-state index is 11.5. The molecule has 0 aromatic carbocycles. The van der Waals surface area contributed by atoms with Crippen molar-refractivity contribution in [2.24, 2.45) is 0 Å². The first kappa shape index (κ1) is 5.69. The van der Waals surface area contributed by atoms with Crippen LogP contribution in [0.15, 0.2) is 17.5 Å². The van der Waals surface area contributed by atoms with Crippen LogP contribution in [0.25, 0.3) is 0 Å². The zero-order valence-electron chi connectivity index (χ0n) is 3.90. The maximum Gasteiger partial charge on any atom is 0.349 e. The van der Waals surface area contributed by atoms with Gasteiger partial charge in [-0.05, 0) is 11.4 Å². The molecule has 0 nitrogen and oxygen atoms in total. The molecule has 1 aromatic heterocycles. The van der Waals surface area contributed by atoms with Crippen molar-refractivity contribution < 1.29 is 8.78 Å². The molecule has 0 aliphatic heterocycles.